The molecule has 7 nitrogen and oxygen atoms in total. The van der Waals surface area contributed by atoms with Gasteiger partial charge in [0.1, 0.15) is 17.9 Å². The maximum absolute atomic E-state index is 13.8. The quantitative estimate of drug-likeness (QED) is 0.280. The third kappa shape index (κ3) is 6.64. The molecule has 0 radical (unpaired) electrons. The van der Waals surface area contributed by atoms with Crippen LogP contribution in [0.5, 0.6) is 5.75 Å². The highest BCUT2D eigenvalue weighted by Gasteiger charge is 2.41. The van der Waals surface area contributed by atoms with Gasteiger partial charge in [0.05, 0.1) is 11.9 Å². The van der Waals surface area contributed by atoms with Crippen molar-refractivity contribution < 1.29 is 27.8 Å². The first-order chi connectivity index (χ1) is 20.7. The van der Waals surface area contributed by atoms with Gasteiger partial charge in [-0.1, -0.05) is 18.2 Å². The van der Waals surface area contributed by atoms with Gasteiger partial charge in [-0.3, -0.25) is 0 Å². The van der Waals surface area contributed by atoms with Crippen molar-refractivity contribution in [3.63, 3.8) is 0 Å². The standard InChI is InChI=1S/C33H37F3N4O3/c1-21-17-24(23-13-15-39(16-14-23)19-22-9-10-22)11-12-29(21)43-20-25-5-2-3-6-26(25)28-7-4-8-30(38-28)40-31(33(34,35)36)27(18-37-40)32(41)42/h4,7-8,11-12,17-18,22-23H,2-3,5-6,9-10,13-16,19-20H2,1H3,(H,41,42). The summed E-state index contributed by atoms with van der Waals surface area (Å²) >= 11 is 0. The summed E-state index contributed by atoms with van der Waals surface area (Å²) in [6.07, 6.45) is 4.46. The van der Waals surface area contributed by atoms with Gasteiger partial charge in [0, 0.05) is 6.54 Å². The number of ether oxygens (including phenoxy) is 1. The van der Waals surface area contributed by atoms with E-state index >= 15 is 0 Å². The van der Waals surface area contributed by atoms with Crippen LogP contribution in [0.25, 0.3) is 11.4 Å². The summed E-state index contributed by atoms with van der Waals surface area (Å²) in [5.74, 6) is 0.567. The molecular weight excluding hydrogens is 557 g/mol. The molecule has 2 aliphatic carbocycles. The minimum atomic E-state index is -4.91. The fourth-order valence-electron chi connectivity index (χ4n) is 6.46. The topological polar surface area (TPSA) is 80.5 Å². The SMILES string of the molecule is Cc1cc(C2CCN(CC3CC3)CC2)ccc1OCC1=C(c2cccc(-n3ncc(C(=O)O)c3C(F)(F)F)n2)CCCC1. The van der Waals surface area contributed by atoms with E-state index in [4.69, 9.17) is 4.74 Å². The van der Waals surface area contributed by atoms with Gasteiger partial charge in [-0.15, -0.1) is 0 Å². The summed E-state index contributed by atoms with van der Waals surface area (Å²) in [4.78, 5) is 18.6. The highest BCUT2D eigenvalue weighted by atomic mass is 19.4. The van der Waals surface area contributed by atoms with Crippen LogP contribution in [0.4, 0.5) is 13.2 Å². The van der Waals surface area contributed by atoms with Crippen molar-refractivity contribution in [1.29, 1.82) is 0 Å². The number of piperidine rings is 1. The maximum atomic E-state index is 13.8. The minimum Gasteiger partial charge on any atom is -0.489 e. The second kappa shape index (κ2) is 12.1. The smallest absolute Gasteiger partial charge is 0.434 e. The van der Waals surface area contributed by atoms with Gasteiger partial charge < -0.3 is 14.7 Å². The van der Waals surface area contributed by atoms with E-state index in [-0.39, 0.29) is 5.82 Å². The van der Waals surface area contributed by atoms with Crippen LogP contribution in [-0.2, 0) is 6.18 Å². The van der Waals surface area contributed by atoms with Gasteiger partial charge in [0.25, 0.3) is 0 Å². The number of benzene rings is 1. The molecule has 43 heavy (non-hydrogen) atoms. The Balaban J connectivity index is 1.18. The second-order valence-electron chi connectivity index (χ2n) is 12.1. The number of aromatic carboxylic acids is 1. The van der Waals surface area contributed by atoms with Crippen molar-refractivity contribution in [2.75, 3.05) is 26.2 Å². The Morgan fingerprint density at radius 3 is 2.53 bits per heavy atom. The lowest BCUT2D eigenvalue weighted by molar-refractivity contribution is -0.143. The van der Waals surface area contributed by atoms with Crippen molar-refractivity contribution >= 4 is 11.5 Å². The monoisotopic (exact) mass is 594 g/mol. The molecule has 3 heterocycles. The van der Waals surface area contributed by atoms with E-state index in [2.05, 4.69) is 40.1 Å². The third-order valence-corrected chi connectivity index (χ3v) is 8.98. The minimum absolute atomic E-state index is 0.0829. The molecule has 1 N–H and O–H groups in total. The molecule has 1 aliphatic heterocycles. The number of hydrogen-bond acceptors (Lipinski definition) is 5. The summed E-state index contributed by atoms with van der Waals surface area (Å²) < 4.78 is 48.3. The molecule has 0 atom stereocenters. The number of likely N-dealkylation sites (tertiary alicyclic amines) is 1. The van der Waals surface area contributed by atoms with Gasteiger partial charge in [-0.05, 0) is 124 Å². The van der Waals surface area contributed by atoms with E-state index in [1.165, 1.54) is 56.9 Å². The van der Waals surface area contributed by atoms with Crippen molar-refractivity contribution in [3.8, 4) is 11.6 Å². The number of rotatable bonds is 9. The summed E-state index contributed by atoms with van der Waals surface area (Å²) in [6.45, 7) is 6.06. The van der Waals surface area contributed by atoms with Crippen LogP contribution in [0.3, 0.4) is 0 Å². The van der Waals surface area contributed by atoms with Crippen molar-refractivity contribution in [2.45, 2.75) is 70.4 Å². The molecule has 3 aromatic rings. The number of aryl methyl sites for hydroxylation is 1. The lowest BCUT2D eigenvalue weighted by Gasteiger charge is -2.32. The van der Waals surface area contributed by atoms with Crippen LogP contribution in [0.2, 0.25) is 0 Å². The van der Waals surface area contributed by atoms with Gasteiger partial charge in [-0.2, -0.15) is 18.3 Å². The number of hydrogen-bond donors (Lipinski definition) is 1. The number of carboxylic acid groups (broad SMARTS) is 1. The predicted octanol–water partition coefficient (Wildman–Crippen LogP) is 7.29. The summed E-state index contributed by atoms with van der Waals surface area (Å²) in [5, 5.41) is 13.0. The number of carboxylic acids is 1. The number of allylic oxidation sites excluding steroid dienone is 1. The molecule has 1 saturated carbocycles. The molecule has 0 bridgehead atoms. The lowest BCUT2D eigenvalue weighted by Crippen LogP contribution is -2.34. The van der Waals surface area contributed by atoms with Crippen LogP contribution in [-0.4, -0.2) is 57.0 Å². The third-order valence-electron chi connectivity index (χ3n) is 8.98. The molecule has 0 spiro atoms. The molecule has 3 aliphatic rings. The zero-order chi connectivity index (χ0) is 30.1. The highest BCUT2D eigenvalue weighted by Crippen LogP contribution is 2.37. The number of pyridine rings is 1. The van der Waals surface area contributed by atoms with Crippen molar-refractivity contribution in [3.05, 3.63) is 76.2 Å². The molecule has 6 rings (SSSR count). The van der Waals surface area contributed by atoms with E-state index in [9.17, 15) is 23.1 Å². The largest absolute Gasteiger partial charge is 0.489 e. The van der Waals surface area contributed by atoms with Crippen molar-refractivity contribution in [1.82, 2.24) is 19.7 Å². The van der Waals surface area contributed by atoms with Crippen LogP contribution < -0.4 is 4.74 Å². The molecule has 0 unspecified atom stereocenters. The molecule has 2 aromatic heterocycles. The zero-order valence-electron chi connectivity index (χ0n) is 24.4. The fourth-order valence-corrected chi connectivity index (χ4v) is 6.46. The van der Waals surface area contributed by atoms with Crippen LogP contribution >= 0.6 is 0 Å². The Morgan fingerprint density at radius 1 is 1.07 bits per heavy atom. The van der Waals surface area contributed by atoms with E-state index < -0.39 is 23.4 Å². The second-order valence-corrected chi connectivity index (χ2v) is 12.1. The predicted molar refractivity (Wildman–Crippen MR) is 157 cm³/mol. The lowest BCUT2D eigenvalue weighted by atomic mass is 9.88. The Labute approximate surface area is 249 Å². The van der Waals surface area contributed by atoms with Crippen LogP contribution in [0.15, 0.2) is 48.2 Å². The van der Waals surface area contributed by atoms with Gasteiger partial charge in [-0.25, -0.2) is 14.5 Å². The number of carbonyl (C=O) groups is 1. The Hall–Kier alpha value is -3.66. The molecular formula is C33H37F3N4O3. The van der Waals surface area contributed by atoms with E-state index in [1.807, 2.05) is 0 Å². The normalized spacial score (nSPS) is 18.7. The Kier molecular flexibility index (Phi) is 8.31. The average Bonchev–Trinajstić information content (AvgIpc) is 3.68. The molecule has 1 aromatic carbocycles. The van der Waals surface area contributed by atoms with Crippen molar-refractivity contribution in [2.24, 2.45) is 5.92 Å². The average molecular weight is 595 g/mol. The van der Waals surface area contributed by atoms with Gasteiger partial charge in [0.15, 0.2) is 11.5 Å². The maximum Gasteiger partial charge on any atom is 0.434 e. The number of halogens is 3. The van der Waals surface area contributed by atoms with Gasteiger partial charge in [0.2, 0.25) is 0 Å². The van der Waals surface area contributed by atoms with Gasteiger partial charge >= 0.3 is 12.1 Å². The fraction of sp³-hybridized carbons (Fsp3) is 0.485. The number of alkyl halides is 3. The first kappa shape index (κ1) is 29.4. The Bertz CT molecular complexity index is 1520. The molecule has 1 saturated heterocycles. The first-order valence-electron chi connectivity index (χ1n) is 15.2. The first-order valence-corrected chi connectivity index (χ1v) is 15.2. The van der Waals surface area contributed by atoms with E-state index in [0.717, 1.165) is 54.1 Å². The summed E-state index contributed by atoms with van der Waals surface area (Å²) in [6, 6.07) is 11.3. The van der Waals surface area contributed by atoms with Crippen LogP contribution in [0.1, 0.15) is 90.2 Å². The summed E-state index contributed by atoms with van der Waals surface area (Å²) in [7, 11) is 0. The number of nitrogens with zero attached hydrogens (tertiary/aromatic N) is 4. The van der Waals surface area contributed by atoms with E-state index in [0.29, 0.717) is 29.1 Å². The number of aromatic nitrogens is 3. The molecule has 0 amide bonds. The van der Waals surface area contributed by atoms with Crippen LogP contribution in [0, 0.1) is 12.8 Å². The molecule has 10 heteroatoms. The zero-order valence-corrected chi connectivity index (χ0v) is 24.4. The highest BCUT2D eigenvalue weighted by molar-refractivity contribution is 5.89. The molecule has 2 fully saturated rings. The Morgan fingerprint density at radius 2 is 1.84 bits per heavy atom. The van der Waals surface area contributed by atoms with E-state index in [1.54, 1.807) is 12.1 Å². The summed E-state index contributed by atoms with van der Waals surface area (Å²) in [5.41, 5.74) is 2.79. The molecule has 228 valence electrons.